The van der Waals surface area contributed by atoms with Gasteiger partial charge in [0.15, 0.2) is 0 Å². The first kappa shape index (κ1) is 16.5. The van der Waals surface area contributed by atoms with E-state index in [2.05, 4.69) is 0 Å². The minimum absolute atomic E-state index is 0.107. The minimum atomic E-state index is -1.06. The van der Waals surface area contributed by atoms with Crippen LogP contribution in [-0.2, 0) is 9.47 Å². The zero-order chi connectivity index (χ0) is 15.9. The van der Waals surface area contributed by atoms with Crippen molar-refractivity contribution in [2.45, 2.75) is 69.3 Å². The van der Waals surface area contributed by atoms with E-state index >= 15 is 0 Å². The second-order valence-corrected chi connectivity index (χ2v) is 7.46. The van der Waals surface area contributed by atoms with Crippen LogP contribution >= 0.6 is 0 Å². The molecular formula is C15H28N2O4. The lowest BCUT2D eigenvalue weighted by atomic mass is 9.62. The van der Waals surface area contributed by atoms with Crippen molar-refractivity contribution in [2.24, 2.45) is 5.73 Å². The molecule has 21 heavy (non-hydrogen) atoms. The van der Waals surface area contributed by atoms with Crippen molar-refractivity contribution in [1.82, 2.24) is 4.90 Å². The van der Waals surface area contributed by atoms with Gasteiger partial charge in [-0.25, -0.2) is 4.79 Å². The van der Waals surface area contributed by atoms with Crippen molar-refractivity contribution in [3.05, 3.63) is 0 Å². The molecule has 2 fully saturated rings. The Hall–Kier alpha value is -0.850. The molecule has 2 aliphatic rings. The number of carbonyl (C=O) groups excluding carboxylic acids is 1. The number of piperidine rings is 1. The van der Waals surface area contributed by atoms with Crippen molar-refractivity contribution in [3.63, 3.8) is 0 Å². The van der Waals surface area contributed by atoms with E-state index in [0.29, 0.717) is 25.8 Å². The van der Waals surface area contributed by atoms with E-state index in [9.17, 15) is 9.90 Å². The van der Waals surface area contributed by atoms with E-state index in [1.807, 2.05) is 20.8 Å². The Morgan fingerprint density at radius 3 is 2.52 bits per heavy atom. The summed E-state index contributed by atoms with van der Waals surface area (Å²) in [5, 5.41) is 11.0. The third-order valence-electron chi connectivity index (χ3n) is 4.57. The zero-order valence-corrected chi connectivity index (χ0v) is 13.5. The number of nitrogens with zero attached hydrogens (tertiary/aromatic N) is 1. The van der Waals surface area contributed by atoms with Gasteiger partial charge in [-0.15, -0.1) is 0 Å². The molecule has 122 valence electrons. The number of methoxy groups -OCH3 is 1. The highest BCUT2D eigenvalue weighted by atomic mass is 16.6. The molecule has 6 nitrogen and oxygen atoms in total. The van der Waals surface area contributed by atoms with Gasteiger partial charge in [-0.05, 0) is 46.5 Å². The van der Waals surface area contributed by atoms with E-state index in [1.165, 1.54) is 0 Å². The number of rotatable bonds is 2. The number of likely N-dealkylation sites (tertiary alicyclic amines) is 1. The Bertz CT molecular complexity index is 401. The predicted octanol–water partition coefficient (Wildman–Crippen LogP) is 1.25. The molecule has 0 spiro atoms. The van der Waals surface area contributed by atoms with Crippen LogP contribution in [0.1, 0.15) is 46.5 Å². The largest absolute Gasteiger partial charge is 0.444 e. The lowest BCUT2D eigenvalue weighted by Gasteiger charge is -2.56. The molecule has 2 rings (SSSR count). The molecule has 1 aliphatic carbocycles. The molecule has 1 saturated heterocycles. The fourth-order valence-electron chi connectivity index (χ4n) is 3.22. The lowest BCUT2D eigenvalue weighted by molar-refractivity contribution is -0.150. The Labute approximate surface area is 126 Å². The standard InChI is InChI=1S/C15H28N2O4/c1-13(2,3)21-12(18)17-7-5-6-15(19,10-17)14(16)8-11(9-14)20-4/h11,19H,5-10,16H2,1-4H3. The van der Waals surface area contributed by atoms with Crippen LogP contribution in [0.3, 0.4) is 0 Å². The SMILES string of the molecule is COC1CC(N)(C2(O)CCCN(C(=O)OC(C)(C)C)C2)C1. The summed E-state index contributed by atoms with van der Waals surface area (Å²) in [7, 11) is 1.65. The molecule has 0 bridgehead atoms. The van der Waals surface area contributed by atoms with Gasteiger partial charge in [0.05, 0.1) is 18.2 Å². The molecule has 1 amide bonds. The zero-order valence-electron chi connectivity index (χ0n) is 13.5. The number of ether oxygens (including phenoxy) is 2. The first-order valence-electron chi connectivity index (χ1n) is 7.61. The monoisotopic (exact) mass is 300 g/mol. The van der Waals surface area contributed by atoms with Crippen LogP contribution in [0.25, 0.3) is 0 Å². The number of nitrogens with two attached hydrogens (primary N) is 1. The van der Waals surface area contributed by atoms with E-state index in [-0.39, 0.29) is 18.7 Å². The van der Waals surface area contributed by atoms with E-state index in [4.69, 9.17) is 15.2 Å². The number of aliphatic hydroxyl groups is 1. The van der Waals surface area contributed by atoms with Crippen molar-refractivity contribution in [1.29, 1.82) is 0 Å². The van der Waals surface area contributed by atoms with Crippen LogP contribution in [0.15, 0.2) is 0 Å². The molecule has 0 aromatic rings. The number of carbonyl (C=O) groups is 1. The molecule has 0 radical (unpaired) electrons. The number of β-amino-alcohol motifs (C(OH)–C–C–N with tert-alkyl or cyclic N) is 1. The van der Waals surface area contributed by atoms with Gasteiger partial charge in [0, 0.05) is 13.7 Å². The van der Waals surface area contributed by atoms with E-state index < -0.39 is 16.7 Å². The highest BCUT2D eigenvalue weighted by Gasteiger charge is 2.57. The Kier molecular flexibility index (Phi) is 4.26. The normalized spacial score (nSPS) is 37.0. The number of hydrogen-bond acceptors (Lipinski definition) is 5. The Balaban J connectivity index is 2.02. The molecule has 1 saturated carbocycles. The van der Waals surface area contributed by atoms with Crippen molar-refractivity contribution < 1.29 is 19.4 Å². The van der Waals surface area contributed by atoms with Crippen LogP contribution in [0, 0.1) is 0 Å². The van der Waals surface area contributed by atoms with E-state index in [0.717, 1.165) is 6.42 Å². The van der Waals surface area contributed by atoms with Gasteiger partial charge in [0.2, 0.25) is 0 Å². The molecule has 1 aliphatic heterocycles. The minimum Gasteiger partial charge on any atom is -0.444 e. The van der Waals surface area contributed by atoms with E-state index in [1.54, 1.807) is 12.0 Å². The summed E-state index contributed by atoms with van der Waals surface area (Å²) < 4.78 is 10.6. The summed E-state index contributed by atoms with van der Waals surface area (Å²) in [5.74, 6) is 0. The van der Waals surface area contributed by atoms with Crippen molar-refractivity contribution >= 4 is 6.09 Å². The third kappa shape index (κ3) is 3.33. The van der Waals surface area contributed by atoms with Crippen molar-refractivity contribution in [3.8, 4) is 0 Å². The molecule has 3 N–H and O–H groups in total. The third-order valence-corrected chi connectivity index (χ3v) is 4.57. The predicted molar refractivity (Wildman–Crippen MR) is 78.9 cm³/mol. The molecule has 0 aromatic carbocycles. The second-order valence-electron chi connectivity index (χ2n) is 7.46. The van der Waals surface area contributed by atoms with Crippen LogP contribution in [0.4, 0.5) is 4.79 Å². The van der Waals surface area contributed by atoms with Gasteiger partial charge in [-0.1, -0.05) is 0 Å². The quantitative estimate of drug-likeness (QED) is 0.802. The maximum atomic E-state index is 12.2. The summed E-state index contributed by atoms with van der Waals surface area (Å²) >= 11 is 0. The summed E-state index contributed by atoms with van der Waals surface area (Å²) in [6.07, 6.45) is 2.32. The topological polar surface area (TPSA) is 85.0 Å². The first-order chi connectivity index (χ1) is 9.59. The average molecular weight is 300 g/mol. The van der Waals surface area contributed by atoms with Crippen LogP contribution < -0.4 is 5.73 Å². The fraction of sp³-hybridized carbons (Fsp3) is 0.933. The number of amides is 1. The summed E-state index contributed by atoms with van der Waals surface area (Å²) in [4.78, 5) is 13.8. The Morgan fingerprint density at radius 1 is 1.38 bits per heavy atom. The fourth-order valence-corrected chi connectivity index (χ4v) is 3.22. The van der Waals surface area contributed by atoms with Gasteiger partial charge < -0.3 is 25.2 Å². The van der Waals surface area contributed by atoms with Gasteiger partial charge in [0.1, 0.15) is 11.2 Å². The summed E-state index contributed by atoms with van der Waals surface area (Å²) in [6.45, 7) is 6.33. The molecule has 0 aromatic heterocycles. The summed E-state index contributed by atoms with van der Waals surface area (Å²) in [6, 6.07) is 0. The van der Waals surface area contributed by atoms with Crippen LogP contribution in [0.2, 0.25) is 0 Å². The molecule has 1 heterocycles. The molecular weight excluding hydrogens is 272 g/mol. The van der Waals surface area contributed by atoms with Gasteiger partial charge in [0.25, 0.3) is 0 Å². The number of hydrogen-bond donors (Lipinski definition) is 2. The highest BCUT2D eigenvalue weighted by Crippen LogP contribution is 2.44. The van der Waals surface area contributed by atoms with Gasteiger partial charge in [-0.2, -0.15) is 0 Å². The van der Waals surface area contributed by atoms with Crippen LogP contribution in [-0.4, -0.2) is 59.1 Å². The van der Waals surface area contributed by atoms with Gasteiger partial charge >= 0.3 is 6.09 Å². The lowest BCUT2D eigenvalue weighted by Crippen LogP contribution is -2.73. The average Bonchev–Trinajstić information content (AvgIpc) is 2.32. The second kappa shape index (κ2) is 5.41. The Morgan fingerprint density at radius 2 is 2.00 bits per heavy atom. The van der Waals surface area contributed by atoms with Gasteiger partial charge in [-0.3, -0.25) is 0 Å². The smallest absolute Gasteiger partial charge is 0.410 e. The first-order valence-corrected chi connectivity index (χ1v) is 7.61. The molecule has 1 atom stereocenters. The molecule has 1 unspecified atom stereocenters. The maximum Gasteiger partial charge on any atom is 0.410 e. The summed E-state index contributed by atoms with van der Waals surface area (Å²) in [5.41, 5.74) is 4.09. The van der Waals surface area contributed by atoms with Crippen molar-refractivity contribution in [2.75, 3.05) is 20.2 Å². The molecule has 6 heteroatoms. The maximum absolute atomic E-state index is 12.2. The van der Waals surface area contributed by atoms with Crippen LogP contribution in [0.5, 0.6) is 0 Å². The highest BCUT2D eigenvalue weighted by molar-refractivity contribution is 5.68.